The van der Waals surface area contributed by atoms with E-state index in [1.54, 1.807) is 6.92 Å². The molecule has 0 aliphatic carbocycles. The van der Waals surface area contributed by atoms with Gasteiger partial charge in [-0.05, 0) is 69.1 Å². The minimum atomic E-state index is -0.998. The standard InChI is InChI=1S/C27H36FN5O4/c1-3-37-27(36)33-13-10-18(22(28)16-33)14-17-8-11-32(12-9-17)19-4-5-20-23(15-19)31(2)30-25(20)21-6-7-24(34)29-26(21)35/h4-5,15,17-18,21-22H,3,6-14,16H2,1-2H3,(H,29,34,35)/t18-,21?,22-/m0/s1. The Hall–Kier alpha value is -3.17. The van der Waals surface area contributed by atoms with E-state index in [4.69, 9.17) is 4.74 Å². The molecule has 1 unspecified atom stereocenters. The normalized spacial score (nSPS) is 25.4. The molecule has 0 saturated carbocycles. The molecular weight excluding hydrogens is 477 g/mol. The number of piperidine rings is 3. The average Bonchev–Trinajstić information content (AvgIpc) is 3.21. The molecule has 200 valence electrons. The Balaban J connectivity index is 1.18. The van der Waals surface area contributed by atoms with Crippen LogP contribution in [0.5, 0.6) is 0 Å². The van der Waals surface area contributed by atoms with Gasteiger partial charge >= 0.3 is 6.09 Å². The topological polar surface area (TPSA) is 96.8 Å². The maximum absolute atomic E-state index is 14.9. The first-order valence-electron chi connectivity index (χ1n) is 13.4. The molecule has 37 heavy (non-hydrogen) atoms. The predicted octanol–water partition coefficient (Wildman–Crippen LogP) is 3.52. The van der Waals surface area contributed by atoms with Crippen molar-refractivity contribution in [3.63, 3.8) is 0 Å². The van der Waals surface area contributed by atoms with E-state index in [1.807, 2.05) is 17.8 Å². The van der Waals surface area contributed by atoms with Crippen molar-refractivity contribution in [2.45, 2.75) is 57.5 Å². The Labute approximate surface area is 216 Å². The van der Waals surface area contributed by atoms with Gasteiger partial charge in [-0.15, -0.1) is 0 Å². The number of nitrogens with zero attached hydrogens (tertiary/aromatic N) is 4. The van der Waals surface area contributed by atoms with Crippen LogP contribution in [0.1, 0.15) is 57.1 Å². The summed E-state index contributed by atoms with van der Waals surface area (Å²) in [7, 11) is 1.88. The van der Waals surface area contributed by atoms with E-state index in [1.165, 1.54) is 4.90 Å². The lowest BCUT2D eigenvalue weighted by Gasteiger charge is -2.38. The molecule has 5 rings (SSSR count). The Bertz CT molecular complexity index is 1170. The van der Waals surface area contributed by atoms with Crippen LogP contribution in [0, 0.1) is 11.8 Å². The molecule has 0 radical (unpaired) electrons. The molecule has 1 aromatic heterocycles. The van der Waals surface area contributed by atoms with Gasteiger partial charge in [-0.25, -0.2) is 9.18 Å². The second-order valence-corrected chi connectivity index (χ2v) is 10.6. The largest absolute Gasteiger partial charge is 0.450 e. The molecule has 3 saturated heterocycles. The number of hydrogen-bond acceptors (Lipinski definition) is 6. The number of likely N-dealkylation sites (tertiary alicyclic amines) is 1. The van der Waals surface area contributed by atoms with Crippen LogP contribution in [0.25, 0.3) is 10.9 Å². The number of benzene rings is 1. The van der Waals surface area contributed by atoms with Crippen molar-refractivity contribution in [2.24, 2.45) is 18.9 Å². The number of amides is 3. The first-order valence-corrected chi connectivity index (χ1v) is 13.4. The summed E-state index contributed by atoms with van der Waals surface area (Å²) in [6.07, 6.45) is 2.97. The van der Waals surface area contributed by atoms with Crippen LogP contribution >= 0.6 is 0 Å². The van der Waals surface area contributed by atoms with Crippen molar-refractivity contribution in [3.8, 4) is 0 Å². The van der Waals surface area contributed by atoms with Crippen LogP contribution < -0.4 is 10.2 Å². The molecule has 9 nitrogen and oxygen atoms in total. The highest BCUT2D eigenvalue weighted by Gasteiger charge is 2.35. The van der Waals surface area contributed by atoms with Gasteiger partial charge in [0.25, 0.3) is 0 Å². The van der Waals surface area contributed by atoms with Gasteiger partial charge in [0.2, 0.25) is 11.8 Å². The Kier molecular flexibility index (Phi) is 7.35. The van der Waals surface area contributed by atoms with Crippen molar-refractivity contribution in [1.29, 1.82) is 0 Å². The van der Waals surface area contributed by atoms with Crippen LogP contribution in [0.3, 0.4) is 0 Å². The van der Waals surface area contributed by atoms with Crippen molar-refractivity contribution in [2.75, 3.05) is 37.7 Å². The highest BCUT2D eigenvalue weighted by atomic mass is 19.1. The molecule has 10 heteroatoms. The van der Waals surface area contributed by atoms with Crippen LogP contribution in [-0.2, 0) is 21.4 Å². The molecule has 1 N–H and O–H groups in total. The quantitative estimate of drug-likeness (QED) is 0.615. The highest BCUT2D eigenvalue weighted by Crippen LogP contribution is 2.35. The van der Waals surface area contributed by atoms with Gasteiger partial charge < -0.3 is 14.5 Å². The zero-order chi connectivity index (χ0) is 26.1. The molecule has 3 aliphatic rings. The average molecular weight is 514 g/mol. The molecule has 1 aromatic carbocycles. The molecule has 3 aliphatic heterocycles. The number of hydrogen-bond donors (Lipinski definition) is 1. The fraction of sp³-hybridized carbons (Fsp3) is 0.630. The van der Waals surface area contributed by atoms with Crippen LogP contribution in [0.15, 0.2) is 18.2 Å². The van der Waals surface area contributed by atoms with Crippen molar-refractivity contribution >= 4 is 34.5 Å². The summed E-state index contributed by atoms with van der Waals surface area (Å²) in [5.74, 6) is -0.431. The summed E-state index contributed by atoms with van der Waals surface area (Å²) in [6.45, 7) is 4.59. The van der Waals surface area contributed by atoms with Crippen molar-refractivity contribution in [3.05, 3.63) is 23.9 Å². The number of ether oxygens (including phenoxy) is 1. The maximum Gasteiger partial charge on any atom is 0.409 e. The van der Waals surface area contributed by atoms with E-state index in [0.717, 1.165) is 54.6 Å². The van der Waals surface area contributed by atoms with E-state index >= 15 is 0 Å². The number of aryl methyl sites for hydroxylation is 1. The molecule has 3 atom stereocenters. The van der Waals surface area contributed by atoms with Gasteiger partial charge in [-0.1, -0.05) is 0 Å². The van der Waals surface area contributed by atoms with E-state index < -0.39 is 18.2 Å². The van der Waals surface area contributed by atoms with E-state index in [0.29, 0.717) is 38.3 Å². The van der Waals surface area contributed by atoms with Crippen molar-refractivity contribution < 1.29 is 23.5 Å². The summed E-state index contributed by atoms with van der Waals surface area (Å²) in [4.78, 5) is 39.7. The number of fused-ring (bicyclic) bond motifs is 1. The number of carbonyl (C=O) groups is 3. The van der Waals surface area contributed by atoms with Gasteiger partial charge in [-0.3, -0.25) is 19.6 Å². The number of imide groups is 1. The number of rotatable bonds is 5. The zero-order valence-electron chi connectivity index (χ0n) is 21.6. The summed E-state index contributed by atoms with van der Waals surface area (Å²) < 4.78 is 21.7. The minimum absolute atomic E-state index is 0.00118. The summed E-state index contributed by atoms with van der Waals surface area (Å²) >= 11 is 0. The first-order chi connectivity index (χ1) is 17.8. The highest BCUT2D eigenvalue weighted by molar-refractivity contribution is 6.02. The SMILES string of the molecule is CCOC(=O)N1CC[C@@H](CC2CCN(c3ccc4c(C5CCC(=O)NC5=O)nn(C)c4c3)CC2)[C@@H](F)C1. The maximum atomic E-state index is 14.9. The molecule has 3 amide bonds. The fourth-order valence-corrected chi connectivity index (χ4v) is 6.14. The Morgan fingerprint density at radius 3 is 2.65 bits per heavy atom. The fourth-order valence-electron chi connectivity index (χ4n) is 6.14. The lowest BCUT2D eigenvalue weighted by molar-refractivity contribution is -0.134. The van der Waals surface area contributed by atoms with Gasteiger partial charge in [0.15, 0.2) is 0 Å². The lowest BCUT2D eigenvalue weighted by atomic mass is 9.82. The molecule has 3 fully saturated rings. The van der Waals surface area contributed by atoms with E-state index in [2.05, 4.69) is 27.4 Å². The Morgan fingerprint density at radius 2 is 1.95 bits per heavy atom. The monoisotopic (exact) mass is 513 g/mol. The summed E-state index contributed by atoms with van der Waals surface area (Å²) in [5, 5.41) is 8.02. The lowest BCUT2D eigenvalue weighted by Crippen LogP contribution is -2.46. The van der Waals surface area contributed by atoms with Gasteiger partial charge in [0.1, 0.15) is 6.17 Å². The molecule has 4 heterocycles. The van der Waals surface area contributed by atoms with Gasteiger partial charge in [0, 0.05) is 44.2 Å². The third kappa shape index (κ3) is 5.29. The van der Waals surface area contributed by atoms with E-state index in [9.17, 15) is 18.8 Å². The zero-order valence-corrected chi connectivity index (χ0v) is 21.6. The molecule has 2 aromatic rings. The third-order valence-corrected chi connectivity index (χ3v) is 8.25. The second-order valence-electron chi connectivity index (χ2n) is 10.6. The van der Waals surface area contributed by atoms with Gasteiger partial charge in [-0.2, -0.15) is 5.10 Å². The van der Waals surface area contributed by atoms with Crippen LogP contribution in [0.4, 0.5) is 14.9 Å². The minimum Gasteiger partial charge on any atom is -0.450 e. The number of alkyl halides is 1. The number of halogens is 1. The second kappa shape index (κ2) is 10.7. The summed E-state index contributed by atoms with van der Waals surface area (Å²) in [6, 6.07) is 6.25. The summed E-state index contributed by atoms with van der Waals surface area (Å²) in [5.41, 5.74) is 2.81. The number of nitrogens with one attached hydrogen (secondary N) is 1. The molecule has 0 spiro atoms. The molecule has 0 bridgehead atoms. The first kappa shape index (κ1) is 25.5. The molecular formula is C27H36FN5O4. The van der Waals surface area contributed by atoms with Crippen molar-refractivity contribution in [1.82, 2.24) is 20.0 Å². The number of anilines is 1. The van der Waals surface area contributed by atoms with E-state index in [-0.39, 0.29) is 24.3 Å². The predicted molar refractivity (Wildman–Crippen MR) is 137 cm³/mol. The number of aromatic nitrogens is 2. The third-order valence-electron chi connectivity index (χ3n) is 8.25. The smallest absolute Gasteiger partial charge is 0.409 e. The van der Waals surface area contributed by atoms with Crippen LogP contribution in [-0.4, -0.2) is 71.5 Å². The number of carbonyl (C=O) groups excluding carboxylic acids is 3. The Morgan fingerprint density at radius 1 is 1.16 bits per heavy atom. The van der Waals surface area contributed by atoms with Gasteiger partial charge in [0.05, 0.1) is 30.3 Å². The van der Waals surface area contributed by atoms with Crippen LogP contribution in [0.2, 0.25) is 0 Å².